The van der Waals surface area contributed by atoms with Crippen LogP contribution in [0.2, 0.25) is 0 Å². The molecular formula is C21H36N6O6. The van der Waals surface area contributed by atoms with Crippen LogP contribution in [0.4, 0.5) is 4.79 Å². The average Bonchev–Trinajstić information content (AvgIpc) is 2.80. The van der Waals surface area contributed by atoms with Gasteiger partial charge >= 0.3 is 6.03 Å². The van der Waals surface area contributed by atoms with E-state index in [1.165, 1.54) is 6.33 Å². The van der Waals surface area contributed by atoms with Gasteiger partial charge in [-0.1, -0.05) is 0 Å². The zero-order valence-electron chi connectivity index (χ0n) is 19.4. The highest BCUT2D eigenvalue weighted by atomic mass is 16.3. The second-order valence-corrected chi connectivity index (χ2v) is 8.20. The molecule has 2 aliphatic rings. The summed E-state index contributed by atoms with van der Waals surface area (Å²) in [5.74, 6) is 0.139. The lowest BCUT2D eigenvalue weighted by Gasteiger charge is -2.36. The number of nitrogens with one attached hydrogen (secondary N) is 2. The molecule has 1 atom stereocenters. The lowest BCUT2D eigenvalue weighted by molar-refractivity contribution is -0.123. The van der Waals surface area contributed by atoms with E-state index in [1.807, 2.05) is 4.90 Å². The second-order valence-electron chi connectivity index (χ2n) is 8.20. The second kappa shape index (κ2) is 15.8. The Morgan fingerprint density at radius 3 is 2.42 bits per heavy atom. The molecular weight excluding hydrogens is 432 g/mol. The van der Waals surface area contributed by atoms with Crippen LogP contribution < -0.4 is 10.9 Å². The van der Waals surface area contributed by atoms with Crippen LogP contribution in [0, 0.1) is 0 Å². The first-order valence-electron chi connectivity index (χ1n) is 11.0. The number of H-pyrrole nitrogens is 1. The van der Waals surface area contributed by atoms with Gasteiger partial charge in [0.05, 0.1) is 12.0 Å². The highest BCUT2D eigenvalue weighted by molar-refractivity contribution is 5.74. The van der Waals surface area contributed by atoms with E-state index in [9.17, 15) is 9.59 Å². The predicted octanol–water partition coefficient (Wildman–Crippen LogP) is 0.0865. The number of carbonyl (C=O) groups is 3. The fourth-order valence-corrected chi connectivity index (χ4v) is 3.92. The highest BCUT2D eigenvalue weighted by Crippen LogP contribution is 2.24. The summed E-state index contributed by atoms with van der Waals surface area (Å²) in [5, 5.41) is 17.0. The zero-order chi connectivity index (χ0) is 24.6. The van der Waals surface area contributed by atoms with Crippen LogP contribution in [0.5, 0.6) is 0 Å². The number of rotatable bonds is 5. The van der Waals surface area contributed by atoms with Crippen molar-refractivity contribution in [1.29, 1.82) is 0 Å². The fraction of sp³-hybridized carbons (Fsp3) is 0.667. The summed E-state index contributed by atoms with van der Waals surface area (Å²) in [4.78, 5) is 54.4. The van der Waals surface area contributed by atoms with Crippen LogP contribution in [0.25, 0.3) is 0 Å². The SMILES string of the molecule is CN(C)CCN1CCC(NC(=O)N2CCCC(c3cc(=O)[nH]cn3)C2)CC1.O=CO.O=CO. The number of aromatic nitrogens is 2. The Bertz CT molecular complexity index is 760. The number of piperidine rings is 2. The van der Waals surface area contributed by atoms with Crippen molar-refractivity contribution in [2.45, 2.75) is 37.6 Å². The quantitative estimate of drug-likeness (QED) is 0.439. The van der Waals surface area contributed by atoms with E-state index in [0.29, 0.717) is 6.54 Å². The number of carbonyl (C=O) groups excluding carboxylic acids is 1. The fourth-order valence-electron chi connectivity index (χ4n) is 3.92. The molecule has 3 heterocycles. The number of carboxylic acid groups (broad SMARTS) is 2. The van der Waals surface area contributed by atoms with Gasteiger partial charge in [0.2, 0.25) is 0 Å². The number of amides is 2. The monoisotopic (exact) mass is 468 g/mol. The first-order chi connectivity index (χ1) is 15.8. The van der Waals surface area contributed by atoms with Crippen LogP contribution in [-0.2, 0) is 9.59 Å². The normalized spacial score (nSPS) is 18.9. The van der Waals surface area contributed by atoms with E-state index in [1.54, 1.807) is 6.07 Å². The molecule has 0 aromatic carbocycles. The third-order valence-corrected chi connectivity index (χ3v) is 5.60. The predicted molar refractivity (Wildman–Crippen MR) is 122 cm³/mol. The third kappa shape index (κ3) is 10.9. The molecule has 4 N–H and O–H groups in total. The van der Waals surface area contributed by atoms with Crippen LogP contribution in [0.3, 0.4) is 0 Å². The minimum Gasteiger partial charge on any atom is -0.483 e. The summed E-state index contributed by atoms with van der Waals surface area (Å²) >= 11 is 0. The summed E-state index contributed by atoms with van der Waals surface area (Å²) in [6, 6.07) is 1.83. The molecule has 12 heteroatoms. The van der Waals surface area contributed by atoms with Gasteiger partial charge in [0.15, 0.2) is 0 Å². The van der Waals surface area contributed by atoms with Gasteiger partial charge < -0.3 is 35.2 Å². The average molecular weight is 469 g/mol. The van der Waals surface area contributed by atoms with Crippen LogP contribution in [0.15, 0.2) is 17.2 Å². The Hall–Kier alpha value is -2.99. The van der Waals surface area contributed by atoms with E-state index in [2.05, 4.69) is 39.2 Å². The molecule has 2 aliphatic heterocycles. The number of hydrogen-bond donors (Lipinski definition) is 4. The van der Waals surface area contributed by atoms with E-state index in [4.69, 9.17) is 19.8 Å². The third-order valence-electron chi connectivity index (χ3n) is 5.60. The lowest BCUT2D eigenvalue weighted by Crippen LogP contribution is -2.51. The maximum absolute atomic E-state index is 12.7. The first-order valence-corrected chi connectivity index (χ1v) is 11.0. The molecule has 0 saturated carbocycles. The molecule has 1 aromatic heterocycles. The van der Waals surface area contributed by atoms with Crippen molar-refractivity contribution in [3.8, 4) is 0 Å². The Balaban J connectivity index is 0.000000819. The van der Waals surface area contributed by atoms with E-state index in [0.717, 1.165) is 64.1 Å². The van der Waals surface area contributed by atoms with Crippen molar-refractivity contribution in [2.75, 3.05) is 53.4 Å². The van der Waals surface area contributed by atoms with E-state index >= 15 is 0 Å². The molecule has 1 unspecified atom stereocenters. The smallest absolute Gasteiger partial charge is 0.317 e. The zero-order valence-corrected chi connectivity index (χ0v) is 19.4. The number of urea groups is 1. The maximum atomic E-state index is 12.7. The summed E-state index contributed by atoms with van der Waals surface area (Å²) in [6.45, 7) is 5.14. The largest absolute Gasteiger partial charge is 0.483 e. The molecule has 0 bridgehead atoms. The van der Waals surface area contributed by atoms with Crippen LogP contribution in [0.1, 0.15) is 37.3 Å². The Labute approximate surface area is 193 Å². The topological polar surface area (TPSA) is 159 Å². The van der Waals surface area contributed by atoms with Gasteiger partial charge in [0, 0.05) is 57.3 Å². The van der Waals surface area contributed by atoms with Crippen LogP contribution >= 0.6 is 0 Å². The molecule has 0 spiro atoms. The Morgan fingerprint density at radius 1 is 1.21 bits per heavy atom. The van der Waals surface area contributed by atoms with Crippen molar-refractivity contribution in [1.82, 2.24) is 30.0 Å². The molecule has 2 fully saturated rings. The molecule has 33 heavy (non-hydrogen) atoms. The van der Waals surface area contributed by atoms with Gasteiger partial charge in [-0.25, -0.2) is 9.78 Å². The first kappa shape index (κ1) is 28.0. The van der Waals surface area contributed by atoms with Crippen LogP contribution in [-0.4, -0.2) is 113 Å². The number of nitrogens with zero attached hydrogens (tertiary/aromatic N) is 4. The summed E-state index contributed by atoms with van der Waals surface area (Å²) in [6.07, 6.45) is 5.36. The molecule has 0 radical (unpaired) electrons. The summed E-state index contributed by atoms with van der Waals surface area (Å²) in [5.41, 5.74) is 0.646. The van der Waals surface area contributed by atoms with E-state index < -0.39 is 0 Å². The van der Waals surface area contributed by atoms with Gasteiger partial charge in [-0.15, -0.1) is 0 Å². The van der Waals surface area contributed by atoms with Gasteiger partial charge in [0.25, 0.3) is 18.5 Å². The van der Waals surface area contributed by atoms with Crippen molar-refractivity contribution in [3.63, 3.8) is 0 Å². The summed E-state index contributed by atoms with van der Waals surface area (Å²) < 4.78 is 0. The minimum absolute atomic E-state index is 0.0243. The standard InChI is InChI=1S/C19H32N6O2.2CH2O2/c1-23(2)10-11-24-8-5-16(6-9-24)22-19(27)25-7-3-4-15(13-25)17-12-18(26)21-14-20-17;2*2-1-3/h12,14-16H,3-11,13H2,1-2H3,(H,22,27)(H,20,21,26);2*1H,(H,2,3). The molecule has 0 aliphatic carbocycles. The molecule has 3 rings (SSSR count). The molecule has 12 nitrogen and oxygen atoms in total. The molecule has 2 amide bonds. The number of aromatic amines is 1. The number of hydrogen-bond acceptors (Lipinski definition) is 7. The Morgan fingerprint density at radius 2 is 1.85 bits per heavy atom. The van der Waals surface area contributed by atoms with Crippen molar-refractivity contribution >= 4 is 19.0 Å². The van der Waals surface area contributed by atoms with Gasteiger partial charge in [-0.05, 0) is 39.8 Å². The van der Waals surface area contributed by atoms with Crippen molar-refractivity contribution < 1.29 is 24.6 Å². The highest BCUT2D eigenvalue weighted by Gasteiger charge is 2.28. The molecule has 186 valence electrons. The van der Waals surface area contributed by atoms with Gasteiger partial charge in [0.1, 0.15) is 0 Å². The molecule has 1 aromatic rings. The van der Waals surface area contributed by atoms with Crippen molar-refractivity contribution in [2.24, 2.45) is 0 Å². The van der Waals surface area contributed by atoms with Gasteiger partial charge in [-0.2, -0.15) is 0 Å². The van der Waals surface area contributed by atoms with Crippen molar-refractivity contribution in [3.05, 3.63) is 28.4 Å². The van der Waals surface area contributed by atoms with Gasteiger partial charge in [-0.3, -0.25) is 14.4 Å². The maximum Gasteiger partial charge on any atom is 0.317 e. The minimum atomic E-state index is -0.250. The molecule has 2 saturated heterocycles. The van der Waals surface area contributed by atoms with E-state index in [-0.39, 0.29) is 36.5 Å². The number of likely N-dealkylation sites (N-methyl/N-ethyl adjacent to an activating group) is 1. The lowest BCUT2D eigenvalue weighted by atomic mass is 9.94. The Kier molecular flexibility index (Phi) is 13.4. The number of likely N-dealkylation sites (tertiary alicyclic amines) is 2. The summed E-state index contributed by atoms with van der Waals surface area (Å²) in [7, 11) is 4.19.